The van der Waals surface area contributed by atoms with Crippen molar-refractivity contribution >= 4 is 5.95 Å². The maximum absolute atomic E-state index is 9.67. The minimum absolute atomic E-state index is 0.479. The zero-order valence-corrected chi connectivity index (χ0v) is 11.8. The maximum Gasteiger partial charge on any atom is 0.226 e. The van der Waals surface area contributed by atoms with Crippen LogP contribution in [0.1, 0.15) is 39.8 Å². The van der Waals surface area contributed by atoms with Crippen LogP contribution >= 0.6 is 0 Å². The highest BCUT2D eigenvalue weighted by atomic mass is 16.5. The standard InChI is InChI=1S/C13H23N3O2/c1-6-7-18-11-8-9(2)14-12(15-11)16-13(4,5)10(3)17/h8,10,17H,6-7H2,1-5H3,(H,14,15,16). The van der Waals surface area contributed by atoms with E-state index in [0.29, 0.717) is 18.4 Å². The van der Waals surface area contributed by atoms with Gasteiger partial charge in [-0.25, -0.2) is 4.98 Å². The summed E-state index contributed by atoms with van der Waals surface area (Å²) in [5.41, 5.74) is 0.343. The van der Waals surface area contributed by atoms with Crippen LogP contribution in [0.15, 0.2) is 6.07 Å². The molecule has 102 valence electrons. The highest BCUT2D eigenvalue weighted by Gasteiger charge is 2.25. The van der Waals surface area contributed by atoms with Gasteiger partial charge in [-0.15, -0.1) is 0 Å². The molecule has 2 N–H and O–H groups in total. The molecule has 1 atom stereocenters. The van der Waals surface area contributed by atoms with Crippen LogP contribution in [-0.4, -0.2) is 33.3 Å². The minimum Gasteiger partial charge on any atom is -0.478 e. The molecule has 18 heavy (non-hydrogen) atoms. The molecule has 0 aliphatic heterocycles. The Morgan fingerprint density at radius 1 is 1.44 bits per heavy atom. The maximum atomic E-state index is 9.67. The molecular weight excluding hydrogens is 230 g/mol. The first-order valence-electron chi connectivity index (χ1n) is 6.30. The molecule has 0 aliphatic carbocycles. The van der Waals surface area contributed by atoms with E-state index in [4.69, 9.17) is 4.74 Å². The molecule has 0 amide bonds. The fourth-order valence-electron chi connectivity index (χ4n) is 1.27. The first-order valence-corrected chi connectivity index (χ1v) is 6.30. The van der Waals surface area contributed by atoms with Crippen LogP contribution in [0.25, 0.3) is 0 Å². The lowest BCUT2D eigenvalue weighted by atomic mass is 9.99. The number of nitrogens with one attached hydrogen (secondary N) is 1. The van der Waals surface area contributed by atoms with Crippen LogP contribution in [0.5, 0.6) is 5.88 Å². The molecule has 0 saturated carbocycles. The highest BCUT2D eigenvalue weighted by Crippen LogP contribution is 2.18. The van der Waals surface area contributed by atoms with Gasteiger partial charge in [0.15, 0.2) is 0 Å². The van der Waals surface area contributed by atoms with E-state index in [-0.39, 0.29) is 0 Å². The number of aromatic nitrogens is 2. The molecule has 1 heterocycles. The summed E-state index contributed by atoms with van der Waals surface area (Å²) in [7, 11) is 0. The number of nitrogens with zero attached hydrogens (tertiary/aromatic N) is 2. The molecular formula is C13H23N3O2. The Bertz CT molecular complexity index is 392. The molecule has 0 radical (unpaired) electrons. The van der Waals surface area contributed by atoms with Crippen molar-refractivity contribution in [1.29, 1.82) is 0 Å². The second-order valence-electron chi connectivity index (χ2n) is 5.04. The van der Waals surface area contributed by atoms with E-state index in [1.807, 2.05) is 27.7 Å². The number of aryl methyl sites for hydroxylation is 1. The molecule has 0 fully saturated rings. The monoisotopic (exact) mass is 253 g/mol. The Morgan fingerprint density at radius 2 is 2.11 bits per heavy atom. The molecule has 1 aromatic heterocycles. The number of hydrogen-bond acceptors (Lipinski definition) is 5. The van der Waals surface area contributed by atoms with Crippen LogP contribution < -0.4 is 10.1 Å². The number of ether oxygens (including phenoxy) is 1. The van der Waals surface area contributed by atoms with Gasteiger partial charge in [0.2, 0.25) is 11.8 Å². The van der Waals surface area contributed by atoms with Crippen molar-refractivity contribution in [3.05, 3.63) is 11.8 Å². The Kier molecular flexibility index (Phi) is 4.90. The van der Waals surface area contributed by atoms with E-state index < -0.39 is 11.6 Å². The van der Waals surface area contributed by atoms with Crippen molar-refractivity contribution in [2.75, 3.05) is 11.9 Å². The summed E-state index contributed by atoms with van der Waals surface area (Å²) < 4.78 is 5.50. The predicted octanol–water partition coefficient (Wildman–Crippen LogP) is 2.15. The Balaban J connectivity index is 2.86. The molecule has 1 aromatic rings. The zero-order valence-electron chi connectivity index (χ0n) is 11.8. The average molecular weight is 253 g/mol. The van der Waals surface area contributed by atoms with Gasteiger partial charge in [-0.1, -0.05) is 6.92 Å². The molecule has 1 rings (SSSR count). The number of rotatable bonds is 6. The van der Waals surface area contributed by atoms with E-state index in [1.54, 1.807) is 13.0 Å². The summed E-state index contributed by atoms with van der Waals surface area (Å²) in [5, 5.41) is 12.8. The Hall–Kier alpha value is -1.36. The Labute approximate surface area is 109 Å². The quantitative estimate of drug-likeness (QED) is 0.813. The lowest BCUT2D eigenvalue weighted by Gasteiger charge is -2.29. The van der Waals surface area contributed by atoms with E-state index >= 15 is 0 Å². The largest absolute Gasteiger partial charge is 0.478 e. The SMILES string of the molecule is CCCOc1cc(C)nc(NC(C)(C)C(C)O)n1. The molecule has 0 spiro atoms. The molecule has 0 aliphatic rings. The van der Waals surface area contributed by atoms with E-state index in [9.17, 15) is 5.11 Å². The normalized spacial score (nSPS) is 13.2. The van der Waals surface area contributed by atoms with E-state index in [2.05, 4.69) is 15.3 Å². The fraction of sp³-hybridized carbons (Fsp3) is 0.692. The van der Waals surface area contributed by atoms with E-state index in [0.717, 1.165) is 12.1 Å². The van der Waals surface area contributed by atoms with Gasteiger partial charge in [-0.2, -0.15) is 4.98 Å². The third-order valence-corrected chi connectivity index (χ3v) is 2.76. The first kappa shape index (κ1) is 14.7. The van der Waals surface area contributed by atoms with Crippen LogP contribution in [0.4, 0.5) is 5.95 Å². The molecule has 0 bridgehead atoms. The van der Waals surface area contributed by atoms with Crippen molar-refractivity contribution in [1.82, 2.24) is 9.97 Å². The molecule has 0 aromatic carbocycles. The van der Waals surface area contributed by atoms with Gasteiger partial charge in [-0.05, 0) is 34.1 Å². The summed E-state index contributed by atoms with van der Waals surface area (Å²) in [5.74, 6) is 1.04. The molecule has 5 nitrogen and oxygen atoms in total. The van der Waals surface area contributed by atoms with Crippen molar-refractivity contribution in [2.24, 2.45) is 0 Å². The third kappa shape index (κ3) is 4.14. The molecule has 1 unspecified atom stereocenters. The van der Waals surface area contributed by atoms with Crippen LogP contribution in [-0.2, 0) is 0 Å². The summed E-state index contributed by atoms with van der Waals surface area (Å²) in [6.45, 7) is 10.1. The lowest BCUT2D eigenvalue weighted by Crippen LogP contribution is -2.42. The third-order valence-electron chi connectivity index (χ3n) is 2.76. The second kappa shape index (κ2) is 6.00. The zero-order chi connectivity index (χ0) is 13.8. The average Bonchev–Trinajstić information content (AvgIpc) is 2.24. The summed E-state index contributed by atoms with van der Waals surface area (Å²) in [6.07, 6.45) is 0.423. The van der Waals surface area contributed by atoms with Crippen molar-refractivity contribution in [3.8, 4) is 5.88 Å². The minimum atomic E-state index is -0.512. The lowest BCUT2D eigenvalue weighted by molar-refractivity contribution is 0.132. The summed E-state index contributed by atoms with van der Waals surface area (Å²) in [6, 6.07) is 1.80. The van der Waals surface area contributed by atoms with Crippen molar-refractivity contribution in [2.45, 2.75) is 52.7 Å². The van der Waals surface area contributed by atoms with Gasteiger partial charge in [0.25, 0.3) is 0 Å². The fourth-order valence-corrected chi connectivity index (χ4v) is 1.27. The topological polar surface area (TPSA) is 67.3 Å². The van der Waals surface area contributed by atoms with Crippen molar-refractivity contribution < 1.29 is 9.84 Å². The smallest absolute Gasteiger partial charge is 0.226 e. The van der Waals surface area contributed by atoms with Crippen LogP contribution in [0.2, 0.25) is 0 Å². The summed E-state index contributed by atoms with van der Waals surface area (Å²) in [4.78, 5) is 8.58. The van der Waals surface area contributed by atoms with Crippen LogP contribution in [0.3, 0.4) is 0 Å². The summed E-state index contributed by atoms with van der Waals surface area (Å²) >= 11 is 0. The van der Waals surface area contributed by atoms with E-state index in [1.165, 1.54) is 0 Å². The van der Waals surface area contributed by atoms with Gasteiger partial charge in [0.05, 0.1) is 18.2 Å². The number of aliphatic hydroxyl groups excluding tert-OH is 1. The van der Waals surface area contributed by atoms with Gasteiger partial charge in [0.1, 0.15) is 0 Å². The molecule has 0 saturated heterocycles. The van der Waals surface area contributed by atoms with Crippen LogP contribution in [0, 0.1) is 6.92 Å². The van der Waals surface area contributed by atoms with Gasteiger partial charge < -0.3 is 15.2 Å². The van der Waals surface area contributed by atoms with Crippen molar-refractivity contribution in [3.63, 3.8) is 0 Å². The second-order valence-corrected chi connectivity index (χ2v) is 5.04. The molecule has 5 heteroatoms. The Morgan fingerprint density at radius 3 is 2.67 bits per heavy atom. The first-order chi connectivity index (χ1) is 8.35. The highest BCUT2D eigenvalue weighted by molar-refractivity contribution is 5.33. The van der Waals surface area contributed by atoms with Gasteiger partial charge in [0, 0.05) is 11.8 Å². The number of hydrogen-bond donors (Lipinski definition) is 2. The number of aliphatic hydroxyl groups is 1. The van der Waals surface area contributed by atoms with Gasteiger partial charge in [-0.3, -0.25) is 0 Å². The number of anilines is 1. The van der Waals surface area contributed by atoms with Gasteiger partial charge >= 0.3 is 0 Å². The predicted molar refractivity (Wildman–Crippen MR) is 71.9 cm³/mol.